The van der Waals surface area contributed by atoms with Gasteiger partial charge in [-0.2, -0.15) is 0 Å². The number of carbonyl (C=O) groups excluding carboxylic acids is 1. The summed E-state index contributed by atoms with van der Waals surface area (Å²) < 4.78 is 5.46. The summed E-state index contributed by atoms with van der Waals surface area (Å²) in [7, 11) is 0. The Morgan fingerprint density at radius 1 is 1.27 bits per heavy atom. The molecule has 0 amide bonds. The number of hydrogen-bond donors (Lipinski definition) is 1. The topological polar surface area (TPSA) is 72.0 Å². The molecule has 4 aromatic heterocycles. The lowest BCUT2D eigenvalue weighted by molar-refractivity contribution is 0.0326. The molecule has 0 aliphatic rings. The number of thiophene rings is 3. The fourth-order valence-corrected chi connectivity index (χ4v) is 5.11. The van der Waals surface area contributed by atoms with E-state index in [1.54, 1.807) is 24.3 Å². The van der Waals surface area contributed by atoms with Crippen molar-refractivity contribution < 1.29 is 9.53 Å². The van der Waals surface area contributed by atoms with Crippen molar-refractivity contribution in [3.8, 4) is 10.4 Å². The zero-order chi connectivity index (χ0) is 18.3. The highest BCUT2D eigenvalue weighted by molar-refractivity contribution is 7.18. The molecule has 0 saturated heterocycles. The fraction of sp³-hybridized carbons (Fsp3) is 0.167. The van der Waals surface area contributed by atoms with E-state index < -0.39 is 12.1 Å². The molecule has 5 nitrogen and oxygen atoms in total. The van der Waals surface area contributed by atoms with E-state index in [2.05, 4.69) is 9.97 Å². The second kappa shape index (κ2) is 6.79. The third kappa shape index (κ3) is 3.11. The van der Waals surface area contributed by atoms with Gasteiger partial charge in [0.1, 0.15) is 9.71 Å². The van der Waals surface area contributed by atoms with Gasteiger partial charge in [0.2, 0.25) is 0 Å². The molecule has 132 valence electrons. The molecule has 4 aromatic rings. The Labute approximate surface area is 160 Å². The molecule has 0 saturated carbocycles. The first-order valence-electron chi connectivity index (χ1n) is 7.85. The third-order valence-corrected chi connectivity index (χ3v) is 6.62. The monoisotopic (exact) mass is 402 g/mol. The van der Waals surface area contributed by atoms with Crippen molar-refractivity contribution >= 4 is 50.2 Å². The molecule has 4 heterocycles. The number of aromatic nitrogens is 2. The van der Waals surface area contributed by atoms with Crippen molar-refractivity contribution in [1.82, 2.24) is 9.97 Å². The van der Waals surface area contributed by atoms with Crippen LogP contribution in [0.5, 0.6) is 0 Å². The van der Waals surface area contributed by atoms with Crippen LogP contribution in [-0.2, 0) is 4.74 Å². The molecule has 8 heteroatoms. The average Bonchev–Trinajstić information content (AvgIpc) is 3.34. The minimum Gasteiger partial charge on any atom is -0.450 e. The minimum atomic E-state index is -0.644. The number of rotatable bonds is 4. The quantitative estimate of drug-likeness (QED) is 0.488. The van der Waals surface area contributed by atoms with E-state index in [1.165, 1.54) is 22.7 Å². The number of aryl methyl sites for hydroxylation is 1. The van der Waals surface area contributed by atoms with Gasteiger partial charge in [-0.05, 0) is 37.4 Å². The van der Waals surface area contributed by atoms with E-state index in [9.17, 15) is 9.59 Å². The molecule has 1 N–H and O–H groups in total. The maximum Gasteiger partial charge on any atom is 0.349 e. The Bertz CT molecular complexity index is 1140. The summed E-state index contributed by atoms with van der Waals surface area (Å²) in [5.41, 5.74) is 0.670. The zero-order valence-corrected chi connectivity index (χ0v) is 16.4. The van der Waals surface area contributed by atoms with Gasteiger partial charge in [-0.3, -0.25) is 4.79 Å². The molecule has 0 radical (unpaired) electrons. The molecular formula is C18H14N2O3S3. The van der Waals surface area contributed by atoms with Crippen LogP contribution in [0.1, 0.15) is 33.4 Å². The first-order chi connectivity index (χ1) is 12.5. The molecule has 1 atom stereocenters. The molecule has 26 heavy (non-hydrogen) atoms. The maximum absolute atomic E-state index is 12.6. The van der Waals surface area contributed by atoms with Gasteiger partial charge in [-0.25, -0.2) is 9.78 Å². The molecule has 0 fully saturated rings. The van der Waals surface area contributed by atoms with Crippen molar-refractivity contribution in [2.75, 3.05) is 0 Å². The van der Waals surface area contributed by atoms with E-state index in [-0.39, 0.29) is 5.56 Å². The van der Waals surface area contributed by atoms with Crippen molar-refractivity contribution in [1.29, 1.82) is 0 Å². The van der Waals surface area contributed by atoms with Crippen LogP contribution in [0.2, 0.25) is 0 Å². The molecular weight excluding hydrogens is 388 g/mol. The summed E-state index contributed by atoms with van der Waals surface area (Å²) in [6.45, 7) is 3.63. The van der Waals surface area contributed by atoms with Gasteiger partial charge in [-0.1, -0.05) is 6.07 Å². The van der Waals surface area contributed by atoms with E-state index in [0.29, 0.717) is 20.9 Å². The number of hydrogen-bond acceptors (Lipinski definition) is 7. The number of aromatic amines is 1. The summed E-state index contributed by atoms with van der Waals surface area (Å²) in [4.78, 5) is 35.4. The number of carbonyl (C=O) groups is 1. The van der Waals surface area contributed by atoms with Crippen LogP contribution >= 0.6 is 34.0 Å². The second-order valence-corrected chi connectivity index (χ2v) is 8.81. The fourth-order valence-electron chi connectivity index (χ4n) is 2.59. The van der Waals surface area contributed by atoms with Crippen LogP contribution in [0.15, 0.2) is 39.8 Å². The minimum absolute atomic E-state index is 0.218. The first-order valence-corrected chi connectivity index (χ1v) is 10.4. The number of esters is 1. The van der Waals surface area contributed by atoms with Crippen LogP contribution in [0.4, 0.5) is 0 Å². The van der Waals surface area contributed by atoms with Crippen molar-refractivity contribution in [2.24, 2.45) is 0 Å². The van der Waals surface area contributed by atoms with E-state index in [1.807, 2.05) is 35.9 Å². The van der Waals surface area contributed by atoms with E-state index in [0.717, 1.165) is 15.3 Å². The molecule has 0 bridgehead atoms. The average molecular weight is 403 g/mol. The standard InChI is InChI=1S/C18H14N2O3S3/c1-9-5-6-13(26-9)18(22)23-10(2)15-19-16(21)14-11(8-25-17(14)20-15)12-4-3-7-24-12/h3-8,10H,1-2H3,(H,19,20,21)/t10-/m1/s1. The Morgan fingerprint density at radius 2 is 2.12 bits per heavy atom. The summed E-state index contributed by atoms with van der Waals surface area (Å²) in [5.74, 6) is -0.0625. The lowest BCUT2D eigenvalue weighted by atomic mass is 10.2. The zero-order valence-electron chi connectivity index (χ0n) is 13.9. The van der Waals surface area contributed by atoms with Crippen LogP contribution in [-0.4, -0.2) is 15.9 Å². The lowest BCUT2D eigenvalue weighted by Crippen LogP contribution is -2.16. The highest BCUT2D eigenvalue weighted by atomic mass is 32.1. The number of nitrogens with one attached hydrogen (secondary N) is 1. The molecule has 0 unspecified atom stereocenters. The summed E-state index contributed by atoms with van der Waals surface area (Å²) in [6, 6.07) is 7.54. The molecule has 4 rings (SSSR count). The number of ether oxygens (including phenoxy) is 1. The number of nitrogens with zero attached hydrogens (tertiary/aromatic N) is 1. The SMILES string of the molecule is Cc1ccc(C(=O)O[C@H](C)c2nc3scc(-c4cccs4)c3c(=O)[nH]2)s1. The Kier molecular flexibility index (Phi) is 4.47. The van der Waals surface area contributed by atoms with Crippen molar-refractivity contribution in [2.45, 2.75) is 20.0 Å². The smallest absolute Gasteiger partial charge is 0.349 e. The Hall–Kier alpha value is -2.29. The predicted octanol–water partition coefficient (Wildman–Crippen LogP) is 5.00. The highest BCUT2D eigenvalue weighted by Crippen LogP contribution is 2.34. The van der Waals surface area contributed by atoms with Gasteiger partial charge in [0.05, 0.1) is 5.39 Å². The molecule has 0 aliphatic heterocycles. The third-order valence-electron chi connectivity index (χ3n) is 3.86. The molecule has 0 aliphatic carbocycles. The Balaban J connectivity index is 1.65. The Morgan fingerprint density at radius 3 is 2.81 bits per heavy atom. The summed E-state index contributed by atoms with van der Waals surface area (Å²) in [5, 5.41) is 4.49. The predicted molar refractivity (Wildman–Crippen MR) is 106 cm³/mol. The van der Waals surface area contributed by atoms with Crippen LogP contribution < -0.4 is 5.56 Å². The van der Waals surface area contributed by atoms with Gasteiger partial charge in [0.15, 0.2) is 11.9 Å². The van der Waals surface area contributed by atoms with Crippen molar-refractivity contribution in [3.63, 3.8) is 0 Å². The number of H-pyrrole nitrogens is 1. The van der Waals surface area contributed by atoms with Gasteiger partial charge in [0, 0.05) is 20.7 Å². The lowest BCUT2D eigenvalue weighted by Gasteiger charge is -2.11. The van der Waals surface area contributed by atoms with Crippen LogP contribution in [0.3, 0.4) is 0 Å². The first kappa shape index (κ1) is 17.1. The van der Waals surface area contributed by atoms with Crippen LogP contribution in [0, 0.1) is 6.92 Å². The highest BCUT2D eigenvalue weighted by Gasteiger charge is 2.20. The van der Waals surface area contributed by atoms with Crippen LogP contribution in [0.25, 0.3) is 20.7 Å². The van der Waals surface area contributed by atoms with E-state index >= 15 is 0 Å². The molecule has 0 spiro atoms. The maximum atomic E-state index is 12.6. The van der Waals surface area contributed by atoms with Gasteiger partial charge in [-0.15, -0.1) is 34.0 Å². The largest absolute Gasteiger partial charge is 0.450 e. The second-order valence-electron chi connectivity index (χ2n) is 5.72. The molecule has 0 aromatic carbocycles. The van der Waals surface area contributed by atoms with Crippen molar-refractivity contribution in [3.05, 3.63) is 61.0 Å². The summed E-state index contributed by atoms with van der Waals surface area (Å²) in [6.07, 6.45) is -0.644. The van der Waals surface area contributed by atoms with E-state index in [4.69, 9.17) is 4.74 Å². The van der Waals surface area contributed by atoms with Gasteiger partial charge in [0.25, 0.3) is 5.56 Å². The van der Waals surface area contributed by atoms with Gasteiger partial charge < -0.3 is 9.72 Å². The number of fused-ring (bicyclic) bond motifs is 1. The van der Waals surface area contributed by atoms with Gasteiger partial charge >= 0.3 is 5.97 Å². The summed E-state index contributed by atoms with van der Waals surface area (Å²) >= 11 is 4.37. The normalized spacial score (nSPS) is 12.4.